The lowest BCUT2D eigenvalue weighted by Gasteiger charge is -2.24. The molecule has 1 unspecified atom stereocenters. The van der Waals surface area contributed by atoms with Gasteiger partial charge in [0, 0.05) is 33.9 Å². The van der Waals surface area contributed by atoms with E-state index in [0.29, 0.717) is 12.6 Å². The van der Waals surface area contributed by atoms with Crippen LogP contribution in [0.4, 0.5) is 0 Å². The van der Waals surface area contributed by atoms with E-state index in [0.717, 1.165) is 12.8 Å². The Hall–Kier alpha value is -0.953. The molecule has 1 aliphatic rings. The van der Waals surface area contributed by atoms with Crippen LogP contribution in [0.15, 0.2) is 24.3 Å². The van der Waals surface area contributed by atoms with Crippen LogP contribution in [0.1, 0.15) is 12.8 Å². The molecule has 0 fully saturated rings. The summed E-state index contributed by atoms with van der Waals surface area (Å²) in [5, 5.41) is 2.93. The zero-order valence-corrected chi connectivity index (χ0v) is 12.8. The van der Waals surface area contributed by atoms with E-state index < -0.39 is 8.80 Å². The Morgan fingerprint density at radius 1 is 1.26 bits per heavy atom. The maximum absolute atomic E-state index is 11.9. The van der Waals surface area contributed by atoms with Crippen LogP contribution in [0.3, 0.4) is 0 Å². The van der Waals surface area contributed by atoms with Crippen LogP contribution in [-0.2, 0) is 18.1 Å². The molecule has 0 aromatic carbocycles. The molecule has 1 aliphatic carbocycles. The summed E-state index contributed by atoms with van der Waals surface area (Å²) in [6.45, 7) is 0.609. The molecule has 0 bridgehead atoms. The molecule has 1 N–H and O–H groups in total. The minimum atomic E-state index is -2.51. The molecule has 6 heteroatoms. The second kappa shape index (κ2) is 8.26. The van der Waals surface area contributed by atoms with Crippen molar-refractivity contribution in [3.63, 3.8) is 0 Å². The topological polar surface area (TPSA) is 56.8 Å². The van der Waals surface area contributed by atoms with Crippen LogP contribution in [-0.4, -0.2) is 42.6 Å². The molecule has 0 radical (unpaired) electrons. The number of hydrogen-bond acceptors (Lipinski definition) is 4. The van der Waals surface area contributed by atoms with Gasteiger partial charge < -0.3 is 18.6 Å². The highest BCUT2D eigenvalue weighted by Crippen LogP contribution is 2.15. The number of carbonyl (C=O) groups is 1. The fourth-order valence-electron chi connectivity index (χ4n) is 1.98. The van der Waals surface area contributed by atoms with Crippen molar-refractivity contribution < 1.29 is 18.1 Å². The molecule has 0 heterocycles. The molecule has 19 heavy (non-hydrogen) atoms. The van der Waals surface area contributed by atoms with Gasteiger partial charge in [-0.05, 0) is 12.8 Å². The van der Waals surface area contributed by atoms with Crippen molar-refractivity contribution >= 4 is 14.7 Å². The molecule has 1 atom stereocenters. The molecule has 1 amide bonds. The highest BCUT2D eigenvalue weighted by molar-refractivity contribution is 6.60. The second-order valence-electron chi connectivity index (χ2n) is 4.35. The van der Waals surface area contributed by atoms with Gasteiger partial charge in [0.25, 0.3) is 0 Å². The summed E-state index contributed by atoms with van der Waals surface area (Å²) >= 11 is 0. The monoisotopic (exact) mass is 285 g/mol. The number of allylic oxidation sites excluding steroid dienone is 3. The van der Waals surface area contributed by atoms with Crippen LogP contribution in [0.5, 0.6) is 0 Å². The predicted octanol–water partition coefficient (Wildman–Crippen LogP) is 1.50. The molecule has 0 spiro atoms. The molecule has 1 rings (SSSR count). The highest BCUT2D eigenvalue weighted by atomic mass is 28.4. The first kappa shape index (κ1) is 16.1. The second-order valence-corrected chi connectivity index (χ2v) is 7.44. The predicted molar refractivity (Wildman–Crippen MR) is 75.6 cm³/mol. The van der Waals surface area contributed by atoms with Crippen LogP contribution < -0.4 is 5.32 Å². The minimum absolute atomic E-state index is 0.0423. The van der Waals surface area contributed by atoms with Gasteiger partial charge in [-0.15, -0.1) is 0 Å². The Bertz CT molecular complexity index is 331. The van der Waals surface area contributed by atoms with Crippen molar-refractivity contribution in [2.45, 2.75) is 18.9 Å². The fourth-order valence-corrected chi connectivity index (χ4v) is 3.70. The standard InChI is InChI=1S/C13H23NO4Si/c1-16-19(17-2,18-3)11-7-10-14-13(15)12-8-5-4-6-9-12/h4-6,8,12H,7,9-11H2,1-3H3,(H,14,15). The third kappa shape index (κ3) is 4.91. The van der Waals surface area contributed by atoms with Gasteiger partial charge in [-0.25, -0.2) is 0 Å². The first-order valence-corrected chi connectivity index (χ1v) is 8.37. The Balaban J connectivity index is 2.25. The van der Waals surface area contributed by atoms with Gasteiger partial charge in [0.15, 0.2) is 0 Å². The average molecular weight is 285 g/mol. The third-order valence-electron chi connectivity index (χ3n) is 3.21. The largest absolute Gasteiger partial charge is 0.500 e. The van der Waals surface area contributed by atoms with Crippen molar-refractivity contribution in [3.8, 4) is 0 Å². The van der Waals surface area contributed by atoms with Crippen LogP contribution in [0.25, 0.3) is 0 Å². The van der Waals surface area contributed by atoms with E-state index in [4.69, 9.17) is 13.3 Å². The highest BCUT2D eigenvalue weighted by Gasteiger charge is 2.36. The van der Waals surface area contributed by atoms with Gasteiger partial charge in [-0.3, -0.25) is 4.79 Å². The molecule has 5 nitrogen and oxygen atoms in total. The Morgan fingerprint density at radius 2 is 1.95 bits per heavy atom. The van der Waals surface area contributed by atoms with Gasteiger partial charge in [-0.1, -0.05) is 24.3 Å². The van der Waals surface area contributed by atoms with Crippen LogP contribution in [0.2, 0.25) is 6.04 Å². The van der Waals surface area contributed by atoms with Gasteiger partial charge in [0.2, 0.25) is 5.91 Å². The normalized spacial score (nSPS) is 18.6. The maximum Gasteiger partial charge on any atom is 0.500 e. The van der Waals surface area contributed by atoms with E-state index in [-0.39, 0.29) is 11.8 Å². The van der Waals surface area contributed by atoms with E-state index in [1.165, 1.54) is 0 Å². The first-order valence-electron chi connectivity index (χ1n) is 6.44. The molecule has 0 aromatic rings. The Kier molecular flexibility index (Phi) is 7.00. The third-order valence-corrected chi connectivity index (χ3v) is 6.04. The van der Waals surface area contributed by atoms with E-state index in [9.17, 15) is 4.79 Å². The van der Waals surface area contributed by atoms with Gasteiger partial charge >= 0.3 is 8.80 Å². The summed E-state index contributed by atoms with van der Waals surface area (Å²) in [6, 6.07) is 0.692. The smallest absolute Gasteiger partial charge is 0.377 e. The quantitative estimate of drug-likeness (QED) is 0.542. The summed E-state index contributed by atoms with van der Waals surface area (Å²) in [7, 11) is 2.28. The number of hydrogen-bond donors (Lipinski definition) is 1. The summed E-state index contributed by atoms with van der Waals surface area (Å²) < 4.78 is 16.0. The number of nitrogens with one attached hydrogen (secondary N) is 1. The lowest BCUT2D eigenvalue weighted by molar-refractivity contribution is -0.123. The lowest BCUT2D eigenvalue weighted by atomic mass is 10.0. The molecular formula is C13H23NO4Si. The Labute approximate surface area is 116 Å². The number of amides is 1. The molecule has 108 valence electrons. The number of rotatable bonds is 8. The summed E-state index contributed by atoms with van der Waals surface area (Å²) in [4.78, 5) is 11.9. The molecule has 0 aliphatic heterocycles. The fraction of sp³-hybridized carbons (Fsp3) is 0.615. The van der Waals surface area contributed by atoms with Gasteiger partial charge in [-0.2, -0.15) is 0 Å². The Morgan fingerprint density at radius 3 is 2.47 bits per heavy atom. The summed E-state index contributed by atoms with van der Waals surface area (Å²) in [5.41, 5.74) is 0. The van der Waals surface area contributed by atoms with E-state index in [1.807, 2.05) is 24.3 Å². The van der Waals surface area contributed by atoms with Gasteiger partial charge in [0.05, 0.1) is 5.92 Å². The number of carbonyl (C=O) groups excluding carboxylic acids is 1. The van der Waals surface area contributed by atoms with Crippen molar-refractivity contribution in [2.24, 2.45) is 5.92 Å². The van der Waals surface area contributed by atoms with Crippen LogP contribution >= 0.6 is 0 Å². The maximum atomic E-state index is 11.9. The van der Waals surface area contributed by atoms with E-state index in [1.54, 1.807) is 21.3 Å². The van der Waals surface area contributed by atoms with Crippen LogP contribution in [0, 0.1) is 5.92 Å². The van der Waals surface area contributed by atoms with Gasteiger partial charge in [0.1, 0.15) is 0 Å². The first-order chi connectivity index (χ1) is 9.17. The molecule has 0 saturated carbocycles. The van der Waals surface area contributed by atoms with Crippen molar-refractivity contribution in [1.82, 2.24) is 5.32 Å². The van der Waals surface area contributed by atoms with E-state index >= 15 is 0 Å². The van der Waals surface area contributed by atoms with Crippen molar-refractivity contribution in [1.29, 1.82) is 0 Å². The summed E-state index contributed by atoms with van der Waals surface area (Å²) in [6.07, 6.45) is 9.34. The SMILES string of the molecule is CO[Si](CCCNC(=O)C1C=CC=CC1)(OC)OC. The molecule has 0 saturated heterocycles. The lowest BCUT2D eigenvalue weighted by Crippen LogP contribution is -2.43. The molecular weight excluding hydrogens is 262 g/mol. The van der Waals surface area contributed by atoms with Crippen molar-refractivity contribution in [2.75, 3.05) is 27.9 Å². The molecule has 0 aromatic heterocycles. The van der Waals surface area contributed by atoms with Crippen molar-refractivity contribution in [3.05, 3.63) is 24.3 Å². The minimum Gasteiger partial charge on any atom is -0.377 e. The zero-order valence-electron chi connectivity index (χ0n) is 11.8. The average Bonchev–Trinajstić information content (AvgIpc) is 2.49. The van der Waals surface area contributed by atoms with E-state index in [2.05, 4.69) is 5.32 Å². The summed E-state index contributed by atoms with van der Waals surface area (Å²) in [5.74, 6) is 0.0272. The zero-order chi connectivity index (χ0) is 14.1.